The van der Waals surface area contributed by atoms with Gasteiger partial charge < -0.3 is 14.4 Å². The van der Waals surface area contributed by atoms with E-state index in [9.17, 15) is 4.79 Å². The van der Waals surface area contributed by atoms with Crippen molar-refractivity contribution in [3.63, 3.8) is 0 Å². The predicted molar refractivity (Wildman–Crippen MR) is 105 cm³/mol. The molecule has 1 amide bonds. The van der Waals surface area contributed by atoms with E-state index in [1.807, 2.05) is 32.9 Å². The number of nitrogens with zero attached hydrogens (tertiary/aromatic N) is 4. The fourth-order valence-electron chi connectivity index (χ4n) is 2.20. The Bertz CT molecular complexity index is 801. The molecule has 1 aromatic heterocycles. The first-order chi connectivity index (χ1) is 12.9. The largest absolute Gasteiger partial charge is 0.490 e. The fraction of sp³-hybridized carbons (Fsp3) is 0.368. The molecule has 2 rings (SSSR count). The third-order valence-electron chi connectivity index (χ3n) is 3.48. The van der Waals surface area contributed by atoms with Crippen LogP contribution in [0.1, 0.15) is 23.9 Å². The second-order valence-electron chi connectivity index (χ2n) is 6.06. The monoisotopic (exact) mass is 371 g/mol. The number of rotatable bonds is 8. The van der Waals surface area contributed by atoms with Crippen molar-refractivity contribution in [2.45, 2.75) is 20.8 Å². The van der Waals surface area contributed by atoms with Gasteiger partial charge in [0.25, 0.3) is 5.91 Å². The number of hydrazone groups is 1. The van der Waals surface area contributed by atoms with E-state index in [1.54, 1.807) is 32.4 Å². The van der Waals surface area contributed by atoms with Crippen LogP contribution in [-0.2, 0) is 4.79 Å². The molecule has 0 atom stereocenters. The normalized spacial score (nSPS) is 10.7. The quantitative estimate of drug-likeness (QED) is 0.566. The van der Waals surface area contributed by atoms with E-state index in [2.05, 4.69) is 20.5 Å². The topological polar surface area (TPSA) is 88.9 Å². The van der Waals surface area contributed by atoms with Gasteiger partial charge in [0.2, 0.25) is 5.95 Å². The zero-order valence-corrected chi connectivity index (χ0v) is 16.3. The van der Waals surface area contributed by atoms with Gasteiger partial charge in [-0.1, -0.05) is 0 Å². The van der Waals surface area contributed by atoms with Gasteiger partial charge in [0, 0.05) is 25.5 Å². The highest BCUT2D eigenvalue weighted by Gasteiger charge is 2.10. The Morgan fingerprint density at radius 2 is 1.85 bits per heavy atom. The van der Waals surface area contributed by atoms with Gasteiger partial charge in [-0.15, -0.1) is 0 Å². The number of carbonyl (C=O) groups excluding carboxylic acids is 1. The summed E-state index contributed by atoms with van der Waals surface area (Å²) in [6.45, 7) is 6.11. The average Bonchev–Trinajstić information content (AvgIpc) is 2.60. The number of aryl methyl sites for hydroxylation is 2. The van der Waals surface area contributed by atoms with Crippen LogP contribution < -0.4 is 14.9 Å². The fourth-order valence-corrected chi connectivity index (χ4v) is 2.20. The number of likely N-dealkylation sites (N-methyl/N-ethyl adjacent to an activating group) is 1. The van der Waals surface area contributed by atoms with Crippen LogP contribution in [0.25, 0.3) is 0 Å². The van der Waals surface area contributed by atoms with Crippen LogP contribution in [0.15, 0.2) is 29.4 Å². The molecule has 144 valence electrons. The third-order valence-corrected chi connectivity index (χ3v) is 3.48. The van der Waals surface area contributed by atoms with Crippen LogP contribution in [0.2, 0.25) is 0 Å². The van der Waals surface area contributed by atoms with Gasteiger partial charge in [0.05, 0.1) is 12.8 Å². The second kappa shape index (κ2) is 9.51. The van der Waals surface area contributed by atoms with E-state index in [0.29, 0.717) is 24.1 Å². The summed E-state index contributed by atoms with van der Waals surface area (Å²) in [5.41, 5.74) is 5.36. The number of amides is 1. The van der Waals surface area contributed by atoms with E-state index in [-0.39, 0.29) is 12.5 Å². The summed E-state index contributed by atoms with van der Waals surface area (Å²) in [5, 5.41) is 4.17. The first kappa shape index (κ1) is 20.2. The number of anilines is 1. The van der Waals surface area contributed by atoms with Crippen LogP contribution in [0.4, 0.5) is 5.95 Å². The van der Waals surface area contributed by atoms with Crippen molar-refractivity contribution >= 4 is 18.1 Å². The zero-order chi connectivity index (χ0) is 19.8. The van der Waals surface area contributed by atoms with Crippen molar-refractivity contribution in [2.24, 2.45) is 5.10 Å². The summed E-state index contributed by atoms with van der Waals surface area (Å²) < 4.78 is 11.2. The van der Waals surface area contributed by atoms with Gasteiger partial charge in [-0.3, -0.25) is 4.79 Å². The van der Waals surface area contributed by atoms with Crippen LogP contribution >= 0.6 is 0 Å². The molecule has 0 saturated heterocycles. The molecular formula is C19H25N5O3. The Morgan fingerprint density at radius 3 is 2.48 bits per heavy atom. The lowest BCUT2D eigenvalue weighted by atomic mass is 10.2. The molecule has 8 heteroatoms. The van der Waals surface area contributed by atoms with Gasteiger partial charge in [-0.25, -0.2) is 15.4 Å². The van der Waals surface area contributed by atoms with E-state index < -0.39 is 0 Å². The van der Waals surface area contributed by atoms with Crippen molar-refractivity contribution in [1.82, 2.24) is 14.9 Å². The number of carbonyl (C=O) groups is 1. The Kier molecular flexibility index (Phi) is 7.10. The number of ether oxygens (including phenoxy) is 2. The van der Waals surface area contributed by atoms with Crippen LogP contribution in [0, 0.1) is 13.8 Å². The van der Waals surface area contributed by atoms with Gasteiger partial charge in [0.15, 0.2) is 18.1 Å². The van der Waals surface area contributed by atoms with Gasteiger partial charge >= 0.3 is 0 Å². The second-order valence-corrected chi connectivity index (χ2v) is 6.06. The molecule has 0 aliphatic rings. The number of benzene rings is 1. The molecule has 0 aliphatic heterocycles. The number of aromatic nitrogens is 2. The standard InChI is InChI=1S/C19H25N5O3/c1-6-26-17-10-15(7-8-16(17)27-12-18(25)24(4)5)11-20-23-19-21-13(2)9-14(3)22-19/h7-11H,6,12H2,1-5H3,(H,21,22,23)/b20-11+. The molecule has 1 heterocycles. The maximum absolute atomic E-state index is 11.7. The molecule has 8 nitrogen and oxygen atoms in total. The minimum absolute atomic E-state index is 0.0495. The molecule has 0 fully saturated rings. The Balaban J connectivity index is 2.08. The summed E-state index contributed by atoms with van der Waals surface area (Å²) in [5.74, 6) is 1.38. The van der Waals surface area contributed by atoms with Crippen molar-refractivity contribution in [3.05, 3.63) is 41.2 Å². The molecule has 0 spiro atoms. The van der Waals surface area contributed by atoms with Gasteiger partial charge in [-0.05, 0) is 50.6 Å². The maximum atomic E-state index is 11.7. The number of hydrogen-bond acceptors (Lipinski definition) is 7. The minimum atomic E-state index is -0.124. The SMILES string of the molecule is CCOc1cc(/C=N/Nc2nc(C)cc(C)n2)ccc1OCC(=O)N(C)C. The molecule has 0 saturated carbocycles. The Morgan fingerprint density at radius 1 is 1.15 bits per heavy atom. The first-order valence-electron chi connectivity index (χ1n) is 8.60. The molecular weight excluding hydrogens is 346 g/mol. The van der Waals surface area contributed by atoms with E-state index in [1.165, 1.54) is 4.90 Å². The molecule has 0 aliphatic carbocycles. The summed E-state index contributed by atoms with van der Waals surface area (Å²) >= 11 is 0. The Hall–Kier alpha value is -3.16. The lowest BCUT2D eigenvalue weighted by Gasteiger charge is -2.14. The molecule has 1 N–H and O–H groups in total. The van der Waals surface area contributed by atoms with E-state index >= 15 is 0 Å². The third kappa shape index (κ3) is 6.25. The molecule has 27 heavy (non-hydrogen) atoms. The minimum Gasteiger partial charge on any atom is -0.490 e. The first-order valence-corrected chi connectivity index (χ1v) is 8.60. The van der Waals surface area contributed by atoms with Crippen molar-refractivity contribution in [2.75, 3.05) is 32.7 Å². The zero-order valence-electron chi connectivity index (χ0n) is 16.3. The number of nitrogens with one attached hydrogen (secondary N) is 1. The predicted octanol–water partition coefficient (Wildman–Crippen LogP) is 2.41. The summed E-state index contributed by atoms with van der Waals surface area (Å²) in [4.78, 5) is 21.7. The lowest BCUT2D eigenvalue weighted by molar-refractivity contribution is -0.130. The van der Waals surface area contributed by atoms with Gasteiger partial charge in [0.1, 0.15) is 0 Å². The maximum Gasteiger partial charge on any atom is 0.259 e. The highest BCUT2D eigenvalue weighted by atomic mass is 16.5. The number of hydrogen-bond donors (Lipinski definition) is 1. The van der Waals surface area contributed by atoms with E-state index in [4.69, 9.17) is 9.47 Å². The van der Waals surface area contributed by atoms with Crippen molar-refractivity contribution in [3.8, 4) is 11.5 Å². The summed E-state index contributed by atoms with van der Waals surface area (Å²) in [6, 6.07) is 7.27. The van der Waals surface area contributed by atoms with Crippen molar-refractivity contribution in [1.29, 1.82) is 0 Å². The lowest BCUT2D eigenvalue weighted by Crippen LogP contribution is -2.27. The molecule has 0 unspecified atom stereocenters. The Labute approximate surface area is 159 Å². The molecule has 0 radical (unpaired) electrons. The molecule has 0 bridgehead atoms. The molecule has 1 aromatic carbocycles. The summed E-state index contributed by atoms with van der Waals surface area (Å²) in [6.07, 6.45) is 1.64. The average molecular weight is 371 g/mol. The summed E-state index contributed by atoms with van der Waals surface area (Å²) in [7, 11) is 3.36. The van der Waals surface area contributed by atoms with Gasteiger partial charge in [-0.2, -0.15) is 5.10 Å². The van der Waals surface area contributed by atoms with Crippen molar-refractivity contribution < 1.29 is 14.3 Å². The van der Waals surface area contributed by atoms with Crippen LogP contribution in [0.3, 0.4) is 0 Å². The highest BCUT2D eigenvalue weighted by molar-refractivity contribution is 5.81. The van der Waals surface area contributed by atoms with Crippen LogP contribution in [-0.4, -0.2) is 54.3 Å². The van der Waals surface area contributed by atoms with E-state index in [0.717, 1.165) is 17.0 Å². The highest BCUT2D eigenvalue weighted by Crippen LogP contribution is 2.28. The smallest absolute Gasteiger partial charge is 0.259 e. The van der Waals surface area contributed by atoms with Crippen LogP contribution in [0.5, 0.6) is 11.5 Å². The molecule has 2 aromatic rings.